The average molecular weight is 302 g/mol. The molecule has 0 spiro atoms. The highest BCUT2D eigenvalue weighted by molar-refractivity contribution is 5.83. The number of carboxylic acids is 1. The summed E-state index contributed by atoms with van der Waals surface area (Å²) in [6.45, 7) is 4.23. The van der Waals surface area contributed by atoms with Crippen molar-refractivity contribution in [1.29, 1.82) is 0 Å². The lowest BCUT2D eigenvalue weighted by atomic mass is 9.95. The maximum atomic E-state index is 11.9. The number of hydrogen-bond donors (Lipinski definition) is 3. The number of rotatable bonds is 6. The summed E-state index contributed by atoms with van der Waals surface area (Å²) in [7, 11) is 1.22. The lowest BCUT2D eigenvalue weighted by Gasteiger charge is -2.29. The van der Waals surface area contributed by atoms with Crippen LogP contribution < -0.4 is 10.6 Å². The van der Waals surface area contributed by atoms with E-state index >= 15 is 0 Å². The summed E-state index contributed by atoms with van der Waals surface area (Å²) in [5, 5.41) is 14.2. The molecule has 8 nitrogen and oxygen atoms in total. The van der Waals surface area contributed by atoms with E-state index in [2.05, 4.69) is 15.4 Å². The zero-order valence-electron chi connectivity index (χ0n) is 12.5. The fourth-order valence-corrected chi connectivity index (χ4v) is 2.07. The Morgan fingerprint density at radius 2 is 2.14 bits per heavy atom. The SMILES string of the molecule is COC(=O)CC[C@@H](NC(=O)NC1(C)CCOC1C)C(=O)O. The molecule has 3 N–H and O–H groups in total. The molecule has 0 aromatic rings. The summed E-state index contributed by atoms with van der Waals surface area (Å²) < 4.78 is 9.84. The van der Waals surface area contributed by atoms with E-state index in [0.717, 1.165) is 0 Å². The Morgan fingerprint density at radius 1 is 1.48 bits per heavy atom. The van der Waals surface area contributed by atoms with Crippen molar-refractivity contribution in [2.45, 2.75) is 50.8 Å². The van der Waals surface area contributed by atoms with Crippen LogP contribution in [0.3, 0.4) is 0 Å². The number of urea groups is 1. The number of esters is 1. The van der Waals surface area contributed by atoms with Gasteiger partial charge in [-0.05, 0) is 26.7 Å². The number of ether oxygens (including phenoxy) is 2. The predicted molar refractivity (Wildman–Crippen MR) is 72.8 cm³/mol. The van der Waals surface area contributed by atoms with Crippen molar-refractivity contribution in [3.63, 3.8) is 0 Å². The van der Waals surface area contributed by atoms with Crippen LogP contribution in [0.15, 0.2) is 0 Å². The molecule has 1 saturated heterocycles. The van der Waals surface area contributed by atoms with Crippen LogP contribution in [0, 0.1) is 0 Å². The topological polar surface area (TPSA) is 114 Å². The van der Waals surface area contributed by atoms with Gasteiger partial charge in [0.25, 0.3) is 0 Å². The van der Waals surface area contributed by atoms with E-state index in [1.54, 1.807) is 0 Å². The Balaban J connectivity index is 2.52. The van der Waals surface area contributed by atoms with Crippen LogP contribution in [0.4, 0.5) is 4.79 Å². The fourth-order valence-electron chi connectivity index (χ4n) is 2.07. The molecule has 0 bridgehead atoms. The first-order valence-electron chi connectivity index (χ1n) is 6.78. The molecule has 0 radical (unpaired) electrons. The van der Waals surface area contributed by atoms with Crippen LogP contribution in [0.5, 0.6) is 0 Å². The molecule has 1 rings (SSSR count). The van der Waals surface area contributed by atoms with Gasteiger partial charge in [-0.25, -0.2) is 9.59 Å². The van der Waals surface area contributed by atoms with Gasteiger partial charge in [-0.3, -0.25) is 4.79 Å². The van der Waals surface area contributed by atoms with Crippen molar-refractivity contribution in [2.75, 3.05) is 13.7 Å². The molecule has 0 aromatic heterocycles. The number of carboxylic acid groups (broad SMARTS) is 1. The van der Waals surface area contributed by atoms with Gasteiger partial charge in [0, 0.05) is 13.0 Å². The molecular weight excluding hydrogens is 280 g/mol. The molecule has 0 saturated carbocycles. The zero-order valence-corrected chi connectivity index (χ0v) is 12.5. The van der Waals surface area contributed by atoms with Crippen LogP contribution >= 0.6 is 0 Å². The third kappa shape index (κ3) is 4.89. The number of nitrogens with one attached hydrogen (secondary N) is 2. The molecule has 2 amide bonds. The van der Waals surface area contributed by atoms with Gasteiger partial charge in [0.15, 0.2) is 0 Å². The van der Waals surface area contributed by atoms with Crippen molar-refractivity contribution >= 4 is 18.0 Å². The van der Waals surface area contributed by atoms with Crippen LogP contribution in [-0.2, 0) is 19.1 Å². The maximum Gasteiger partial charge on any atom is 0.326 e. The smallest absolute Gasteiger partial charge is 0.326 e. The molecule has 21 heavy (non-hydrogen) atoms. The van der Waals surface area contributed by atoms with E-state index < -0.39 is 29.6 Å². The molecule has 3 atom stereocenters. The minimum absolute atomic E-state index is 0.0296. The summed E-state index contributed by atoms with van der Waals surface area (Å²) in [4.78, 5) is 34.1. The van der Waals surface area contributed by atoms with Crippen molar-refractivity contribution in [3.05, 3.63) is 0 Å². The highest BCUT2D eigenvalue weighted by atomic mass is 16.5. The fraction of sp³-hybridized carbons (Fsp3) is 0.769. The molecule has 8 heteroatoms. The van der Waals surface area contributed by atoms with Crippen molar-refractivity contribution in [3.8, 4) is 0 Å². The maximum absolute atomic E-state index is 11.9. The second kappa shape index (κ2) is 7.26. The van der Waals surface area contributed by atoms with Gasteiger partial charge < -0.3 is 25.2 Å². The average Bonchev–Trinajstić information content (AvgIpc) is 2.73. The van der Waals surface area contributed by atoms with Crippen molar-refractivity contribution in [2.24, 2.45) is 0 Å². The largest absolute Gasteiger partial charge is 0.480 e. The highest BCUT2D eigenvalue weighted by Crippen LogP contribution is 2.24. The van der Waals surface area contributed by atoms with Gasteiger partial charge in [0.1, 0.15) is 6.04 Å². The second-order valence-electron chi connectivity index (χ2n) is 5.28. The predicted octanol–water partition coefficient (Wildman–Crippen LogP) is 0.260. The Hall–Kier alpha value is -1.83. The third-order valence-electron chi connectivity index (χ3n) is 3.75. The van der Waals surface area contributed by atoms with E-state index in [1.165, 1.54) is 7.11 Å². The van der Waals surface area contributed by atoms with E-state index in [0.29, 0.717) is 13.0 Å². The van der Waals surface area contributed by atoms with Crippen molar-refractivity contribution in [1.82, 2.24) is 10.6 Å². The molecule has 2 unspecified atom stereocenters. The van der Waals surface area contributed by atoms with E-state index in [-0.39, 0.29) is 18.9 Å². The Labute approximate surface area is 123 Å². The summed E-state index contributed by atoms with van der Waals surface area (Å²) in [5.41, 5.74) is -0.532. The van der Waals surface area contributed by atoms with E-state index in [4.69, 9.17) is 9.84 Å². The van der Waals surface area contributed by atoms with Crippen LogP contribution in [0.2, 0.25) is 0 Å². The monoisotopic (exact) mass is 302 g/mol. The van der Waals surface area contributed by atoms with Crippen molar-refractivity contribution < 1.29 is 29.0 Å². The standard InChI is InChI=1S/C13H22N2O6/c1-8-13(2,6-7-21-8)15-12(19)14-9(11(17)18)4-5-10(16)20-3/h8-9H,4-7H2,1-3H3,(H,17,18)(H2,14,15,19)/t8?,9-,13?/m1/s1. The van der Waals surface area contributed by atoms with Gasteiger partial charge in [-0.2, -0.15) is 0 Å². The number of carbonyl (C=O) groups excluding carboxylic acids is 2. The first-order valence-corrected chi connectivity index (χ1v) is 6.78. The van der Waals surface area contributed by atoms with Gasteiger partial charge in [-0.15, -0.1) is 0 Å². The summed E-state index contributed by atoms with van der Waals surface area (Å²) in [6.07, 6.45) is 0.395. The number of carbonyl (C=O) groups is 3. The Morgan fingerprint density at radius 3 is 2.62 bits per heavy atom. The van der Waals surface area contributed by atoms with E-state index in [1.807, 2.05) is 13.8 Å². The first kappa shape index (κ1) is 17.2. The van der Waals surface area contributed by atoms with Crippen LogP contribution in [0.25, 0.3) is 0 Å². The number of hydrogen-bond acceptors (Lipinski definition) is 5. The molecule has 1 heterocycles. The van der Waals surface area contributed by atoms with Gasteiger partial charge in [0.05, 0.1) is 18.8 Å². The molecular formula is C13H22N2O6. The quantitative estimate of drug-likeness (QED) is 0.606. The summed E-state index contributed by atoms with van der Waals surface area (Å²) >= 11 is 0. The summed E-state index contributed by atoms with van der Waals surface area (Å²) in [5.74, 6) is -1.72. The Kier molecular flexibility index (Phi) is 5.95. The third-order valence-corrected chi connectivity index (χ3v) is 3.75. The first-order chi connectivity index (χ1) is 9.78. The molecule has 0 aliphatic carbocycles. The van der Waals surface area contributed by atoms with Crippen LogP contribution in [0.1, 0.15) is 33.1 Å². The normalized spacial score (nSPS) is 26.0. The highest BCUT2D eigenvalue weighted by Gasteiger charge is 2.38. The molecule has 0 aromatic carbocycles. The number of methoxy groups -OCH3 is 1. The lowest BCUT2D eigenvalue weighted by Crippen LogP contribution is -2.56. The molecule has 1 aliphatic rings. The number of amides is 2. The number of aliphatic carboxylic acids is 1. The second-order valence-corrected chi connectivity index (χ2v) is 5.28. The zero-order chi connectivity index (χ0) is 16.0. The van der Waals surface area contributed by atoms with Gasteiger partial charge >= 0.3 is 18.0 Å². The van der Waals surface area contributed by atoms with E-state index in [9.17, 15) is 14.4 Å². The van der Waals surface area contributed by atoms with Crippen LogP contribution in [-0.4, -0.2) is 54.5 Å². The van der Waals surface area contributed by atoms with Gasteiger partial charge in [0.2, 0.25) is 0 Å². The molecule has 1 fully saturated rings. The minimum Gasteiger partial charge on any atom is -0.480 e. The molecule has 120 valence electrons. The Bertz CT molecular complexity index is 413. The molecule has 1 aliphatic heterocycles. The lowest BCUT2D eigenvalue weighted by molar-refractivity contribution is -0.142. The van der Waals surface area contributed by atoms with Gasteiger partial charge in [-0.1, -0.05) is 0 Å². The minimum atomic E-state index is -1.20. The summed E-state index contributed by atoms with van der Waals surface area (Å²) in [6, 6.07) is -1.74.